The topological polar surface area (TPSA) is 47.5 Å². The van der Waals surface area contributed by atoms with Crippen molar-refractivity contribution in [3.63, 3.8) is 0 Å². The van der Waals surface area contributed by atoms with Crippen molar-refractivity contribution in [3.05, 3.63) is 36.0 Å². The van der Waals surface area contributed by atoms with Crippen LogP contribution in [0.5, 0.6) is 11.8 Å². The molecule has 0 unspecified atom stereocenters. The van der Waals surface area contributed by atoms with E-state index < -0.39 is 11.7 Å². The normalized spacial score (nSPS) is 11.3. The van der Waals surface area contributed by atoms with Crippen molar-refractivity contribution in [2.45, 2.75) is 32.4 Å². The number of halogens is 3. The average molecular weight is 369 g/mol. The predicted molar refractivity (Wildman–Crippen MR) is 93.1 cm³/mol. The Morgan fingerprint density at radius 2 is 1.88 bits per heavy atom. The Morgan fingerprint density at radius 3 is 2.54 bits per heavy atom. The molecule has 0 aliphatic carbocycles. The molecular weight excluding hydrogens is 347 g/mol. The van der Waals surface area contributed by atoms with E-state index in [1.54, 1.807) is 24.3 Å². The molecule has 0 amide bonds. The molecule has 2 rings (SSSR count). The first-order chi connectivity index (χ1) is 12.4. The summed E-state index contributed by atoms with van der Waals surface area (Å²) >= 11 is 0. The van der Waals surface area contributed by atoms with E-state index in [2.05, 4.69) is 16.9 Å². The molecule has 1 aromatic heterocycles. The molecule has 0 atom stereocenters. The highest BCUT2D eigenvalue weighted by molar-refractivity contribution is 5.68. The molecule has 0 saturated heterocycles. The van der Waals surface area contributed by atoms with Crippen molar-refractivity contribution < 1.29 is 22.6 Å². The number of hydrogen-bond acceptors (Lipinski definition) is 5. The fourth-order valence-corrected chi connectivity index (χ4v) is 2.42. The molecule has 8 heteroatoms. The number of alkyl halides is 3. The number of methoxy groups -OCH3 is 1. The van der Waals surface area contributed by atoms with Crippen LogP contribution in [0.4, 0.5) is 24.7 Å². The van der Waals surface area contributed by atoms with Gasteiger partial charge >= 0.3 is 12.2 Å². The molecule has 0 fully saturated rings. The van der Waals surface area contributed by atoms with Crippen LogP contribution in [0.3, 0.4) is 0 Å². The molecule has 2 aromatic rings. The molecule has 26 heavy (non-hydrogen) atoms. The lowest BCUT2D eigenvalue weighted by Gasteiger charge is -2.24. The summed E-state index contributed by atoms with van der Waals surface area (Å²) in [7, 11) is 2.81. The largest absolute Gasteiger partial charge is 0.491 e. The lowest BCUT2D eigenvalue weighted by atomic mass is 10.2. The molecule has 142 valence electrons. The van der Waals surface area contributed by atoms with Gasteiger partial charge in [-0.1, -0.05) is 31.9 Å². The van der Waals surface area contributed by atoms with Crippen molar-refractivity contribution in [1.29, 1.82) is 0 Å². The van der Waals surface area contributed by atoms with Gasteiger partial charge in [-0.2, -0.15) is 18.2 Å². The maximum atomic E-state index is 13.4. The maximum absolute atomic E-state index is 13.4. The second-order valence-electron chi connectivity index (χ2n) is 5.67. The van der Waals surface area contributed by atoms with Crippen LogP contribution in [-0.4, -0.2) is 30.7 Å². The van der Waals surface area contributed by atoms with E-state index in [1.165, 1.54) is 19.1 Å². The van der Waals surface area contributed by atoms with Crippen LogP contribution in [0.2, 0.25) is 0 Å². The molecule has 1 heterocycles. The molecule has 0 aliphatic rings. The highest BCUT2D eigenvalue weighted by Crippen LogP contribution is 2.40. The van der Waals surface area contributed by atoms with Gasteiger partial charge in [0.05, 0.1) is 19.4 Å². The Balaban J connectivity index is 2.38. The second kappa shape index (κ2) is 8.73. The molecule has 0 N–H and O–H groups in total. The van der Waals surface area contributed by atoms with Crippen LogP contribution < -0.4 is 14.4 Å². The van der Waals surface area contributed by atoms with Crippen molar-refractivity contribution in [1.82, 2.24) is 9.97 Å². The van der Waals surface area contributed by atoms with Crippen LogP contribution in [-0.2, 0) is 6.18 Å². The minimum Gasteiger partial charge on any atom is -0.491 e. The van der Waals surface area contributed by atoms with E-state index in [0.717, 1.165) is 25.5 Å². The van der Waals surface area contributed by atoms with E-state index in [4.69, 9.17) is 9.47 Å². The van der Waals surface area contributed by atoms with E-state index in [-0.39, 0.29) is 11.8 Å². The third-order valence-corrected chi connectivity index (χ3v) is 3.78. The number of hydrogen-bond donors (Lipinski definition) is 0. The number of benzene rings is 1. The number of para-hydroxylation sites is 2. The minimum atomic E-state index is -4.59. The minimum absolute atomic E-state index is 0.138. The van der Waals surface area contributed by atoms with E-state index in [1.807, 2.05) is 0 Å². The van der Waals surface area contributed by atoms with Gasteiger partial charge in [0, 0.05) is 13.2 Å². The first-order valence-electron chi connectivity index (χ1n) is 8.32. The number of aromatic nitrogens is 2. The van der Waals surface area contributed by atoms with Gasteiger partial charge in [0.1, 0.15) is 11.3 Å². The van der Waals surface area contributed by atoms with Gasteiger partial charge in [-0.25, -0.2) is 4.98 Å². The lowest BCUT2D eigenvalue weighted by Crippen LogP contribution is -2.20. The number of ether oxygens (including phenoxy) is 2. The monoisotopic (exact) mass is 369 g/mol. The summed E-state index contributed by atoms with van der Waals surface area (Å²) in [6, 6.07) is 6.78. The first kappa shape index (κ1) is 19.8. The molecule has 0 bridgehead atoms. The summed E-state index contributed by atoms with van der Waals surface area (Å²) in [4.78, 5) is 8.82. The zero-order valence-electron chi connectivity index (χ0n) is 15.0. The second-order valence-corrected chi connectivity index (χ2v) is 5.67. The van der Waals surface area contributed by atoms with Crippen molar-refractivity contribution in [3.8, 4) is 11.8 Å². The van der Waals surface area contributed by atoms with Gasteiger partial charge < -0.3 is 14.4 Å². The van der Waals surface area contributed by atoms with Crippen LogP contribution in [0.15, 0.2) is 30.5 Å². The first-order valence-corrected chi connectivity index (χ1v) is 8.32. The number of anilines is 2. The standard InChI is InChI=1S/C18H22F3N3O2/c1-4-5-8-11-26-15-10-7-6-9-14(15)24(2)16-13(18(19,20)21)12-22-17(23-16)25-3/h6-7,9-10,12H,4-5,8,11H2,1-3H3. The summed E-state index contributed by atoms with van der Waals surface area (Å²) in [6.07, 6.45) is -0.904. The van der Waals surface area contributed by atoms with Crippen molar-refractivity contribution in [2.24, 2.45) is 0 Å². The van der Waals surface area contributed by atoms with Gasteiger partial charge in [0.25, 0.3) is 0 Å². The van der Waals surface area contributed by atoms with Gasteiger partial charge in [-0.15, -0.1) is 0 Å². The van der Waals surface area contributed by atoms with Gasteiger partial charge in [-0.3, -0.25) is 0 Å². The average Bonchev–Trinajstić information content (AvgIpc) is 2.63. The van der Waals surface area contributed by atoms with E-state index in [9.17, 15) is 13.2 Å². The number of nitrogens with zero attached hydrogens (tertiary/aromatic N) is 3. The zero-order chi connectivity index (χ0) is 19.2. The number of unbranched alkanes of at least 4 members (excludes halogenated alkanes) is 2. The molecule has 0 spiro atoms. The van der Waals surface area contributed by atoms with Crippen LogP contribution in [0.25, 0.3) is 0 Å². The van der Waals surface area contributed by atoms with Crippen LogP contribution >= 0.6 is 0 Å². The fraction of sp³-hybridized carbons (Fsp3) is 0.444. The fourth-order valence-electron chi connectivity index (χ4n) is 2.42. The van der Waals surface area contributed by atoms with Crippen LogP contribution in [0, 0.1) is 0 Å². The smallest absolute Gasteiger partial charge is 0.421 e. The predicted octanol–water partition coefficient (Wildman–Crippen LogP) is 4.84. The Bertz CT molecular complexity index is 723. The summed E-state index contributed by atoms with van der Waals surface area (Å²) < 4.78 is 50.8. The third kappa shape index (κ3) is 4.77. The summed E-state index contributed by atoms with van der Waals surface area (Å²) in [5.74, 6) is 0.200. The lowest BCUT2D eigenvalue weighted by molar-refractivity contribution is -0.137. The molecule has 0 aliphatic heterocycles. The Hall–Kier alpha value is -2.51. The van der Waals surface area contributed by atoms with E-state index in [0.29, 0.717) is 18.0 Å². The quantitative estimate of drug-likeness (QED) is 0.623. The summed E-state index contributed by atoms with van der Waals surface area (Å²) in [5, 5.41) is 0. The van der Waals surface area contributed by atoms with Crippen molar-refractivity contribution >= 4 is 11.5 Å². The summed E-state index contributed by atoms with van der Waals surface area (Å²) in [5.41, 5.74) is -0.461. The van der Waals surface area contributed by atoms with Crippen molar-refractivity contribution in [2.75, 3.05) is 25.7 Å². The van der Waals surface area contributed by atoms with Gasteiger partial charge in [0.2, 0.25) is 0 Å². The molecule has 1 aromatic carbocycles. The molecular formula is C18H22F3N3O2. The summed E-state index contributed by atoms with van der Waals surface area (Å²) in [6.45, 7) is 2.58. The Morgan fingerprint density at radius 1 is 1.15 bits per heavy atom. The Labute approximate surface area is 150 Å². The zero-order valence-corrected chi connectivity index (χ0v) is 15.0. The SMILES string of the molecule is CCCCCOc1ccccc1N(C)c1nc(OC)ncc1C(F)(F)F. The van der Waals surface area contributed by atoms with E-state index >= 15 is 0 Å². The maximum Gasteiger partial charge on any atom is 0.421 e. The Kier molecular flexibility index (Phi) is 6.65. The highest BCUT2D eigenvalue weighted by atomic mass is 19.4. The third-order valence-electron chi connectivity index (χ3n) is 3.78. The van der Waals surface area contributed by atoms with Gasteiger partial charge in [0.15, 0.2) is 5.82 Å². The molecule has 0 radical (unpaired) electrons. The number of rotatable bonds is 8. The van der Waals surface area contributed by atoms with Crippen LogP contribution in [0.1, 0.15) is 31.7 Å². The molecule has 5 nitrogen and oxygen atoms in total. The van der Waals surface area contributed by atoms with Gasteiger partial charge in [-0.05, 0) is 18.6 Å². The highest BCUT2D eigenvalue weighted by Gasteiger charge is 2.37. The molecule has 0 saturated carbocycles.